The molecular formula is C31H49F3N6O11. The molecule has 1 heterocycles. The van der Waals surface area contributed by atoms with E-state index < -0.39 is 12.1 Å². The Bertz CT molecular complexity index is 1150. The van der Waals surface area contributed by atoms with Gasteiger partial charge in [-0.05, 0) is 12.5 Å². The number of nitrogens with two attached hydrogens (primary N) is 1. The topological polar surface area (TPSA) is 218 Å². The highest BCUT2D eigenvalue weighted by Gasteiger charge is 2.38. The molecule has 0 aliphatic heterocycles. The fraction of sp³-hybridized carbons (Fsp3) is 0.677. The van der Waals surface area contributed by atoms with Crippen molar-refractivity contribution in [3.63, 3.8) is 0 Å². The first kappa shape index (κ1) is 45.6. The zero-order valence-corrected chi connectivity index (χ0v) is 28.8. The maximum Gasteiger partial charge on any atom is 0.490 e. The first-order chi connectivity index (χ1) is 24.6. The highest BCUT2D eigenvalue weighted by Crippen LogP contribution is 2.14. The molecule has 2 aromatic rings. The van der Waals surface area contributed by atoms with Crippen LogP contribution in [0.3, 0.4) is 0 Å². The summed E-state index contributed by atoms with van der Waals surface area (Å²) in [5.74, 6) is -1.86. The average Bonchev–Trinajstić information content (AvgIpc) is 3.11. The van der Waals surface area contributed by atoms with Crippen LogP contribution in [0.25, 0.3) is 11.4 Å². The van der Waals surface area contributed by atoms with E-state index >= 15 is 0 Å². The van der Waals surface area contributed by atoms with Crippen LogP contribution in [-0.4, -0.2) is 156 Å². The van der Waals surface area contributed by atoms with E-state index in [0.717, 1.165) is 11.1 Å². The van der Waals surface area contributed by atoms with Crippen molar-refractivity contribution in [3.05, 3.63) is 35.7 Å². The molecule has 0 spiro atoms. The minimum atomic E-state index is -5.08. The van der Waals surface area contributed by atoms with Crippen LogP contribution in [-0.2, 0) is 54.0 Å². The third-order valence-corrected chi connectivity index (χ3v) is 5.86. The van der Waals surface area contributed by atoms with Crippen molar-refractivity contribution in [2.45, 2.75) is 26.1 Å². The van der Waals surface area contributed by atoms with E-state index in [1.54, 1.807) is 6.92 Å². The zero-order valence-electron chi connectivity index (χ0n) is 28.8. The lowest BCUT2D eigenvalue weighted by molar-refractivity contribution is -0.192. The van der Waals surface area contributed by atoms with E-state index in [1.165, 1.54) is 0 Å². The molecular weight excluding hydrogens is 689 g/mol. The van der Waals surface area contributed by atoms with Gasteiger partial charge in [0.2, 0.25) is 11.7 Å². The molecule has 51 heavy (non-hydrogen) atoms. The first-order valence-electron chi connectivity index (χ1n) is 16.2. The number of ether oxygens (including phenoxy) is 8. The van der Waals surface area contributed by atoms with Crippen molar-refractivity contribution in [1.29, 1.82) is 0 Å². The van der Waals surface area contributed by atoms with Crippen molar-refractivity contribution >= 4 is 11.9 Å². The molecule has 1 aromatic heterocycles. The van der Waals surface area contributed by atoms with Gasteiger partial charge in [-0.25, -0.2) is 4.79 Å². The molecule has 20 heteroatoms. The Morgan fingerprint density at radius 3 is 1.35 bits per heavy atom. The lowest BCUT2D eigenvalue weighted by Gasteiger charge is -2.09. The Morgan fingerprint density at radius 2 is 1.00 bits per heavy atom. The second-order valence-corrected chi connectivity index (χ2v) is 9.99. The fourth-order valence-electron chi connectivity index (χ4n) is 3.35. The largest absolute Gasteiger partial charge is 0.490 e. The predicted octanol–water partition coefficient (Wildman–Crippen LogP) is 0.973. The first-order valence-corrected chi connectivity index (χ1v) is 16.2. The molecule has 290 valence electrons. The maximum atomic E-state index is 12.1. The normalized spacial score (nSPS) is 11.2. The third-order valence-electron chi connectivity index (χ3n) is 5.86. The Kier molecular flexibility index (Phi) is 27.0. The fourth-order valence-corrected chi connectivity index (χ4v) is 3.35. The van der Waals surface area contributed by atoms with Crippen LogP contribution < -0.4 is 11.1 Å². The summed E-state index contributed by atoms with van der Waals surface area (Å²) in [6.45, 7) is 10.4. The van der Waals surface area contributed by atoms with Crippen molar-refractivity contribution in [1.82, 2.24) is 25.7 Å². The van der Waals surface area contributed by atoms with E-state index in [2.05, 4.69) is 25.7 Å². The third kappa shape index (κ3) is 26.9. The number of carboxylic acids is 1. The van der Waals surface area contributed by atoms with E-state index in [9.17, 15) is 18.0 Å². The van der Waals surface area contributed by atoms with Crippen molar-refractivity contribution in [2.75, 3.05) is 112 Å². The highest BCUT2D eigenvalue weighted by atomic mass is 19.4. The minimum Gasteiger partial charge on any atom is -0.475 e. The number of hydrogen-bond acceptors (Lipinski definition) is 15. The second-order valence-electron chi connectivity index (χ2n) is 9.99. The number of benzene rings is 1. The Hall–Kier alpha value is -3.47. The molecule has 0 atom stereocenters. The molecule has 17 nitrogen and oxygen atoms in total. The Morgan fingerprint density at radius 1 is 0.647 bits per heavy atom. The van der Waals surface area contributed by atoms with Gasteiger partial charge in [0.1, 0.15) is 0 Å². The second kappa shape index (κ2) is 30.2. The molecule has 0 aliphatic rings. The van der Waals surface area contributed by atoms with Crippen molar-refractivity contribution in [3.8, 4) is 11.4 Å². The van der Waals surface area contributed by atoms with Gasteiger partial charge in [-0.3, -0.25) is 4.79 Å². The molecule has 0 radical (unpaired) electrons. The molecule has 0 saturated heterocycles. The predicted molar refractivity (Wildman–Crippen MR) is 174 cm³/mol. The molecule has 4 N–H and O–H groups in total. The number of amides is 1. The standard InChI is InChI=1S/C29H48N6O9.C2HF3O2/c1-25-32-34-29(35-33-25)27-4-2-26(3-5-27)24-31-28(36)6-8-37-10-12-39-14-16-41-18-20-43-22-23-44-21-19-42-17-15-40-13-11-38-9-7-30;3-2(4,5)1(6)7/h2-5H,6-24,30H2,1H3,(H,31,36);(H,6,7). The summed E-state index contributed by atoms with van der Waals surface area (Å²) in [7, 11) is 0. The number of alkyl halides is 3. The van der Waals surface area contributed by atoms with E-state index in [-0.39, 0.29) is 12.3 Å². The van der Waals surface area contributed by atoms with Crippen molar-refractivity contribution < 1.29 is 65.8 Å². The van der Waals surface area contributed by atoms with Crippen LogP contribution in [0.4, 0.5) is 13.2 Å². The number of nitrogens with zero attached hydrogens (tertiary/aromatic N) is 4. The lowest BCUT2D eigenvalue weighted by Crippen LogP contribution is -2.24. The van der Waals surface area contributed by atoms with Crippen LogP contribution in [0, 0.1) is 6.92 Å². The Labute approximate surface area is 294 Å². The van der Waals surface area contributed by atoms with Crippen molar-refractivity contribution in [2.24, 2.45) is 5.73 Å². The van der Waals surface area contributed by atoms with Gasteiger partial charge < -0.3 is 54.1 Å². The maximum absolute atomic E-state index is 12.1. The highest BCUT2D eigenvalue weighted by molar-refractivity contribution is 5.76. The zero-order chi connectivity index (χ0) is 37.4. The minimum absolute atomic E-state index is 0.0835. The summed E-state index contributed by atoms with van der Waals surface area (Å²) >= 11 is 0. The quantitative estimate of drug-likeness (QED) is 0.0991. The van der Waals surface area contributed by atoms with Gasteiger partial charge in [-0.1, -0.05) is 24.3 Å². The van der Waals surface area contributed by atoms with Gasteiger partial charge in [0.25, 0.3) is 0 Å². The summed E-state index contributed by atoms with van der Waals surface area (Å²) in [5.41, 5.74) is 7.10. The lowest BCUT2D eigenvalue weighted by atomic mass is 10.1. The van der Waals surface area contributed by atoms with Crippen LogP contribution in [0.2, 0.25) is 0 Å². The SMILES string of the molecule is Cc1nnc(-c2ccc(CNC(=O)CCOCCOCCOCCOCCOCCOCCOCCOCCN)cc2)nn1.O=C(O)C(F)(F)F. The Balaban J connectivity index is 0.00000167. The number of aliphatic carboxylic acids is 1. The summed E-state index contributed by atoms with van der Waals surface area (Å²) < 4.78 is 75.0. The number of halogens is 3. The van der Waals surface area contributed by atoms with Crippen LogP contribution in [0.15, 0.2) is 24.3 Å². The average molecular weight is 739 g/mol. The van der Waals surface area contributed by atoms with Gasteiger partial charge >= 0.3 is 12.1 Å². The summed E-state index contributed by atoms with van der Waals surface area (Å²) in [4.78, 5) is 21.0. The van der Waals surface area contributed by atoms with Crippen LogP contribution in [0.1, 0.15) is 17.8 Å². The van der Waals surface area contributed by atoms with Gasteiger partial charge in [0.15, 0.2) is 5.82 Å². The number of hydrogen-bond donors (Lipinski definition) is 3. The van der Waals surface area contributed by atoms with Gasteiger partial charge in [0, 0.05) is 25.1 Å². The summed E-state index contributed by atoms with van der Waals surface area (Å²) in [6, 6.07) is 7.56. The van der Waals surface area contributed by atoms with Gasteiger partial charge in [-0.2, -0.15) is 13.2 Å². The number of carbonyl (C=O) groups excluding carboxylic acids is 1. The molecule has 0 bridgehead atoms. The number of aromatic nitrogens is 4. The molecule has 0 unspecified atom stereocenters. The molecule has 0 fully saturated rings. The van der Waals surface area contributed by atoms with Gasteiger partial charge in [0.05, 0.1) is 106 Å². The molecule has 0 saturated carbocycles. The van der Waals surface area contributed by atoms with E-state index in [4.69, 9.17) is 53.5 Å². The summed E-state index contributed by atoms with van der Waals surface area (Å²) in [5, 5.41) is 25.9. The molecule has 1 amide bonds. The smallest absolute Gasteiger partial charge is 0.475 e. The number of nitrogens with one attached hydrogen (secondary N) is 1. The van der Waals surface area contributed by atoms with Crippen LogP contribution >= 0.6 is 0 Å². The van der Waals surface area contributed by atoms with E-state index in [1.807, 2.05) is 24.3 Å². The molecule has 2 rings (SSSR count). The number of carboxylic acid groups (broad SMARTS) is 1. The number of carbonyl (C=O) groups is 2. The molecule has 1 aromatic carbocycles. The van der Waals surface area contributed by atoms with Gasteiger partial charge in [-0.15, -0.1) is 20.4 Å². The summed E-state index contributed by atoms with van der Waals surface area (Å²) in [6.07, 6.45) is -4.81. The monoisotopic (exact) mass is 738 g/mol. The van der Waals surface area contributed by atoms with E-state index in [0.29, 0.717) is 130 Å². The molecule has 0 aliphatic carbocycles. The van der Waals surface area contributed by atoms with Crippen LogP contribution in [0.5, 0.6) is 0 Å². The number of rotatable bonds is 29. The number of aryl methyl sites for hydroxylation is 1.